The molecule has 2 aliphatic rings. The van der Waals surface area contributed by atoms with Gasteiger partial charge >= 0.3 is 0 Å². The number of rotatable bonds is 1. The molecule has 2 atom stereocenters. The Labute approximate surface area is 176 Å². The maximum Gasteiger partial charge on any atom is 0.248 e. The molecule has 4 aromatic carbocycles. The highest BCUT2D eigenvalue weighted by Crippen LogP contribution is 2.60. The lowest BCUT2D eigenvalue weighted by Gasteiger charge is -2.32. The molecule has 2 unspecified atom stereocenters. The van der Waals surface area contributed by atoms with Crippen LogP contribution in [0.25, 0.3) is 22.3 Å². The number of nitrogens with two attached hydrogens (primary N) is 1. The van der Waals surface area contributed by atoms with E-state index in [1.807, 2.05) is 66.7 Å². The minimum Gasteiger partial charge on any atom is -0.447 e. The van der Waals surface area contributed by atoms with Gasteiger partial charge in [0.15, 0.2) is 0 Å². The molecule has 0 saturated heterocycles. The molecule has 30 heavy (non-hydrogen) atoms. The molecule has 4 aromatic rings. The van der Waals surface area contributed by atoms with Gasteiger partial charge in [-0.1, -0.05) is 72.8 Å². The van der Waals surface area contributed by atoms with Crippen LogP contribution in [0.3, 0.4) is 0 Å². The summed E-state index contributed by atoms with van der Waals surface area (Å²) in [6.07, 6.45) is 0. The molecule has 0 radical (unpaired) electrons. The monoisotopic (exact) mass is 428 g/mol. The van der Waals surface area contributed by atoms with Crippen LogP contribution in [0.1, 0.15) is 0 Å². The molecule has 0 amide bonds. The van der Waals surface area contributed by atoms with Crippen LogP contribution in [0.5, 0.6) is 11.5 Å². The number of fused-ring (bicyclic) bond motifs is 6. The molecule has 6 rings (SSSR count). The summed E-state index contributed by atoms with van der Waals surface area (Å²) >= 11 is 0. The highest BCUT2D eigenvalue weighted by atomic mass is 31.2. The average molecular weight is 428 g/mol. The van der Waals surface area contributed by atoms with Crippen molar-refractivity contribution in [2.24, 2.45) is 10.0 Å². The SMILES string of the molecule is NP1(=NP2Oc3ccccc3-c3ccccc32)Oc2ccccc2-c2ccccc21. The van der Waals surface area contributed by atoms with Gasteiger partial charge in [0.1, 0.15) is 11.5 Å². The molecule has 0 fully saturated rings. The molecular formula is C24H18N2O2P2. The molecule has 6 heteroatoms. The summed E-state index contributed by atoms with van der Waals surface area (Å²) in [5.41, 5.74) is 11.3. The third-order valence-electron chi connectivity index (χ3n) is 5.35. The predicted molar refractivity (Wildman–Crippen MR) is 125 cm³/mol. The van der Waals surface area contributed by atoms with E-state index in [-0.39, 0.29) is 0 Å². The molecule has 146 valence electrons. The third kappa shape index (κ3) is 2.73. The number of hydrogen-bond donors (Lipinski definition) is 1. The van der Waals surface area contributed by atoms with E-state index in [2.05, 4.69) is 30.3 Å². The molecule has 0 aliphatic carbocycles. The number of hydrogen-bond acceptors (Lipinski definition) is 3. The van der Waals surface area contributed by atoms with Gasteiger partial charge in [0.25, 0.3) is 0 Å². The lowest BCUT2D eigenvalue weighted by atomic mass is 10.0. The van der Waals surface area contributed by atoms with Gasteiger partial charge in [0.05, 0.1) is 5.30 Å². The molecule has 4 nitrogen and oxygen atoms in total. The maximum absolute atomic E-state index is 6.95. The van der Waals surface area contributed by atoms with Gasteiger partial charge in [-0.3, -0.25) is 5.50 Å². The van der Waals surface area contributed by atoms with Crippen LogP contribution in [0.4, 0.5) is 0 Å². The Morgan fingerprint density at radius 3 is 2.00 bits per heavy atom. The molecule has 0 spiro atoms. The fourth-order valence-corrected chi connectivity index (χ4v) is 8.47. The van der Waals surface area contributed by atoms with E-state index in [9.17, 15) is 0 Å². The molecule has 0 bridgehead atoms. The summed E-state index contributed by atoms with van der Waals surface area (Å²) in [6, 6.07) is 32.5. The van der Waals surface area contributed by atoms with E-state index < -0.39 is 15.7 Å². The maximum atomic E-state index is 6.95. The fraction of sp³-hybridized carbons (Fsp3) is 0. The van der Waals surface area contributed by atoms with E-state index in [0.29, 0.717) is 0 Å². The van der Waals surface area contributed by atoms with Crippen molar-refractivity contribution in [3.05, 3.63) is 97.1 Å². The summed E-state index contributed by atoms with van der Waals surface area (Å²) < 4.78 is 17.9. The number of nitrogens with zero attached hydrogens (tertiary/aromatic N) is 1. The zero-order valence-corrected chi connectivity index (χ0v) is 17.8. The van der Waals surface area contributed by atoms with Gasteiger partial charge in [0, 0.05) is 16.4 Å². The summed E-state index contributed by atoms with van der Waals surface area (Å²) in [5, 5.41) is 2.02. The van der Waals surface area contributed by atoms with Crippen molar-refractivity contribution in [2.45, 2.75) is 0 Å². The smallest absolute Gasteiger partial charge is 0.248 e. The quantitative estimate of drug-likeness (QED) is 0.375. The van der Waals surface area contributed by atoms with Gasteiger partial charge in [-0.25, -0.2) is 0 Å². The fourth-order valence-electron chi connectivity index (χ4n) is 3.98. The van der Waals surface area contributed by atoms with Crippen molar-refractivity contribution in [1.82, 2.24) is 0 Å². The van der Waals surface area contributed by atoms with Gasteiger partial charge in [-0.2, -0.15) is 4.52 Å². The molecular weight excluding hydrogens is 410 g/mol. The Hall–Kier alpha value is -2.90. The number of para-hydroxylation sites is 2. The van der Waals surface area contributed by atoms with Crippen LogP contribution >= 0.6 is 15.7 Å². The van der Waals surface area contributed by atoms with E-state index in [1.54, 1.807) is 0 Å². The third-order valence-corrected chi connectivity index (χ3v) is 9.79. The molecule has 2 N–H and O–H groups in total. The second-order valence-electron chi connectivity index (χ2n) is 7.19. The first-order chi connectivity index (χ1) is 14.7. The first-order valence-corrected chi connectivity index (χ1v) is 12.6. The Morgan fingerprint density at radius 1 is 0.633 bits per heavy atom. The van der Waals surface area contributed by atoms with E-state index >= 15 is 0 Å². The normalized spacial score (nSPS) is 20.5. The zero-order chi connectivity index (χ0) is 20.1. The van der Waals surface area contributed by atoms with Crippen molar-refractivity contribution < 1.29 is 9.05 Å². The highest BCUT2D eigenvalue weighted by Gasteiger charge is 2.35. The van der Waals surface area contributed by atoms with Crippen LogP contribution in [-0.2, 0) is 0 Å². The molecule has 2 aliphatic heterocycles. The van der Waals surface area contributed by atoms with Gasteiger partial charge in [0.2, 0.25) is 15.7 Å². The first kappa shape index (κ1) is 17.9. The summed E-state index contributed by atoms with van der Waals surface area (Å²) in [6.45, 7) is 0. The number of benzene rings is 4. The zero-order valence-electron chi connectivity index (χ0n) is 16.0. The van der Waals surface area contributed by atoms with Crippen LogP contribution in [0, 0.1) is 0 Å². The van der Waals surface area contributed by atoms with Crippen molar-refractivity contribution in [1.29, 1.82) is 0 Å². The summed E-state index contributed by atoms with van der Waals surface area (Å²) in [4.78, 5) is 0. The molecule has 0 aromatic heterocycles. The van der Waals surface area contributed by atoms with Crippen LogP contribution in [0.2, 0.25) is 0 Å². The summed E-state index contributed by atoms with van der Waals surface area (Å²) in [5.74, 6) is 1.61. The molecule has 2 heterocycles. The van der Waals surface area contributed by atoms with Gasteiger partial charge in [-0.15, -0.1) is 0 Å². The van der Waals surface area contributed by atoms with Gasteiger partial charge in [-0.05, 0) is 35.4 Å². The summed E-state index contributed by atoms with van der Waals surface area (Å²) in [7, 11) is -4.13. The van der Waals surface area contributed by atoms with E-state index in [4.69, 9.17) is 19.1 Å². The Balaban J connectivity index is 1.56. The predicted octanol–water partition coefficient (Wildman–Crippen LogP) is 6.06. The van der Waals surface area contributed by atoms with Crippen LogP contribution < -0.4 is 25.2 Å². The average Bonchev–Trinajstić information content (AvgIpc) is 2.79. The Morgan fingerprint density at radius 2 is 1.20 bits per heavy atom. The lowest BCUT2D eigenvalue weighted by molar-refractivity contribution is 0.605. The van der Waals surface area contributed by atoms with Crippen molar-refractivity contribution in [3.8, 4) is 33.8 Å². The van der Waals surface area contributed by atoms with Crippen molar-refractivity contribution >= 4 is 26.3 Å². The Bertz CT molecular complexity index is 1350. The van der Waals surface area contributed by atoms with Crippen molar-refractivity contribution in [2.75, 3.05) is 0 Å². The van der Waals surface area contributed by atoms with Crippen molar-refractivity contribution in [3.63, 3.8) is 0 Å². The first-order valence-electron chi connectivity index (χ1n) is 9.69. The van der Waals surface area contributed by atoms with E-state index in [0.717, 1.165) is 44.4 Å². The largest absolute Gasteiger partial charge is 0.447 e. The minimum absolute atomic E-state index is 0.775. The van der Waals surface area contributed by atoms with Crippen LogP contribution in [-0.4, -0.2) is 0 Å². The standard InChI is InChI=1S/C24H18N2O2P2/c25-30(24-16-8-4-12-20(24)18-10-2-6-14-22(18)28-30)26-29-23-15-7-3-11-19(23)17-9-1-5-13-21(17)27-29/h1-16H,25H2. The van der Waals surface area contributed by atoms with Crippen LogP contribution in [0.15, 0.2) is 102 Å². The topological polar surface area (TPSA) is 56.8 Å². The lowest BCUT2D eigenvalue weighted by Crippen LogP contribution is -2.23. The second-order valence-corrected chi connectivity index (χ2v) is 11.0. The Kier molecular flexibility index (Phi) is 4.07. The molecule has 0 saturated carbocycles. The van der Waals surface area contributed by atoms with E-state index in [1.165, 1.54) is 0 Å². The minimum atomic E-state index is -2.79. The highest BCUT2D eigenvalue weighted by molar-refractivity contribution is 7.75. The second kappa shape index (κ2) is 6.82. The van der Waals surface area contributed by atoms with Gasteiger partial charge < -0.3 is 9.05 Å².